The Morgan fingerprint density at radius 2 is 2.14 bits per heavy atom. The van der Waals surface area contributed by atoms with Crippen LogP contribution >= 0.6 is 12.2 Å². The molecule has 0 spiro atoms. The summed E-state index contributed by atoms with van der Waals surface area (Å²) in [5, 5.41) is 3.51. The highest BCUT2D eigenvalue weighted by atomic mass is 32.1. The molecule has 2 atom stereocenters. The maximum absolute atomic E-state index is 5.20. The van der Waals surface area contributed by atoms with E-state index in [0.29, 0.717) is 6.04 Å². The van der Waals surface area contributed by atoms with Crippen molar-refractivity contribution in [3.63, 3.8) is 0 Å². The van der Waals surface area contributed by atoms with Crippen molar-refractivity contribution in [2.45, 2.75) is 33.7 Å². The van der Waals surface area contributed by atoms with Gasteiger partial charge in [0.15, 0.2) is 0 Å². The molecule has 1 saturated heterocycles. The molecule has 14 heavy (non-hydrogen) atoms. The lowest BCUT2D eigenvalue weighted by Gasteiger charge is -2.17. The van der Waals surface area contributed by atoms with Crippen LogP contribution in [0.2, 0.25) is 0 Å². The summed E-state index contributed by atoms with van der Waals surface area (Å²) < 4.78 is 0. The van der Waals surface area contributed by atoms with E-state index in [4.69, 9.17) is 12.2 Å². The Labute approximate surface area is 93.1 Å². The van der Waals surface area contributed by atoms with Crippen molar-refractivity contribution in [1.82, 2.24) is 10.2 Å². The van der Waals surface area contributed by atoms with E-state index in [2.05, 4.69) is 31.0 Å². The van der Waals surface area contributed by atoms with Crippen LogP contribution in [0.5, 0.6) is 0 Å². The second kappa shape index (κ2) is 5.08. The van der Waals surface area contributed by atoms with Crippen molar-refractivity contribution in [2.24, 2.45) is 11.8 Å². The predicted octanol–water partition coefficient (Wildman–Crippen LogP) is 1.90. The number of nitrogens with one attached hydrogen (secondary N) is 1. The van der Waals surface area contributed by atoms with Gasteiger partial charge < -0.3 is 10.2 Å². The third-order valence-corrected chi connectivity index (χ3v) is 3.26. The zero-order chi connectivity index (χ0) is 10.7. The molecule has 1 N–H and O–H groups in total. The summed E-state index contributed by atoms with van der Waals surface area (Å²) in [5.41, 5.74) is 0. The molecule has 0 aromatic rings. The van der Waals surface area contributed by atoms with E-state index >= 15 is 0 Å². The Morgan fingerprint density at radius 3 is 2.57 bits per heavy atom. The summed E-state index contributed by atoms with van der Waals surface area (Å²) in [5.74, 6) is 1.52. The van der Waals surface area contributed by atoms with Crippen molar-refractivity contribution in [3.05, 3.63) is 0 Å². The average molecular weight is 214 g/mol. The zero-order valence-electron chi connectivity index (χ0n) is 9.71. The molecule has 1 heterocycles. The molecule has 0 aromatic carbocycles. The highest BCUT2D eigenvalue weighted by molar-refractivity contribution is 7.80. The molecule has 3 heteroatoms. The van der Waals surface area contributed by atoms with Crippen LogP contribution in [0.4, 0.5) is 0 Å². The van der Waals surface area contributed by atoms with Crippen LogP contribution in [0, 0.1) is 11.8 Å². The van der Waals surface area contributed by atoms with E-state index < -0.39 is 0 Å². The molecular formula is C11H22N2S. The van der Waals surface area contributed by atoms with Gasteiger partial charge in [-0.25, -0.2) is 0 Å². The quantitative estimate of drug-likeness (QED) is 0.722. The normalized spacial score (nSPS) is 27.4. The van der Waals surface area contributed by atoms with Crippen LogP contribution in [0.3, 0.4) is 0 Å². The lowest BCUT2D eigenvalue weighted by molar-refractivity contribution is 0.400. The minimum absolute atomic E-state index is 0.588. The second-order valence-electron chi connectivity index (χ2n) is 4.72. The number of likely N-dealkylation sites (tertiary alicyclic amines) is 1. The fourth-order valence-electron chi connectivity index (χ4n) is 1.94. The molecule has 1 aliphatic heterocycles. The summed E-state index contributed by atoms with van der Waals surface area (Å²) in [6.07, 6.45) is 0. The smallest absolute Gasteiger partial charge is 0.0748 e. The van der Waals surface area contributed by atoms with E-state index in [1.54, 1.807) is 0 Å². The van der Waals surface area contributed by atoms with E-state index in [1.807, 2.05) is 6.92 Å². The van der Waals surface area contributed by atoms with Crippen LogP contribution in [0.1, 0.15) is 27.7 Å². The largest absolute Gasteiger partial charge is 0.366 e. The first-order valence-electron chi connectivity index (χ1n) is 5.49. The predicted molar refractivity (Wildman–Crippen MR) is 65.6 cm³/mol. The lowest BCUT2D eigenvalue weighted by atomic mass is 9.98. The molecule has 0 amide bonds. The van der Waals surface area contributed by atoms with Crippen LogP contribution < -0.4 is 5.32 Å². The fourth-order valence-corrected chi connectivity index (χ4v) is 2.09. The average Bonchev–Trinajstić information content (AvgIpc) is 2.43. The topological polar surface area (TPSA) is 15.3 Å². The number of thiocarbonyl (C=S) groups is 1. The van der Waals surface area contributed by atoms with Gasteiger partial charge in [-0.3, -0.25) is 0 Å². The summed E-state index contributed by atoms with van der Waals surface area (Å²) in [4.78, 5) is 3.37. The molecule has 2 nitrogen and oxygen atoms in total. The standard InChI is InChI=1S/C11H22N2S/c1-8(2)12-5-11-7-13(10(4)14)6-9(11)3/h8-9,11-12H,5-7H2,1-4H3/t9-,11+/m1/s1. The van der Waals surface area contributed by atoms with Gasteiger partial charge in [-0.2, -0.15) is 0 Å². The van der Waals surface area contributed by atoms with Gasteiger partial charge in [0.05, 0.1) is 4.99 Å². The first-order chi connectivity index (χ1) is 6.50. The molecular weight excluding hydrogens is 192 g/mol. The van der Waals surface area contributed by atoms with Crippen molar-refractivity contribution in [1.29, 1.82) is 0 Å². The maximum Gasteiger partial charge on any atom is 0.0748 e. The number of rotatable bonds is 3. The monoisotopic (exact) mass is 214 g/mol. The second-order valence-corrected chi connectivity index (χ2v) is 5.32. The molecule has 82 valence electrons. The summed E-state index contributed by atoms with van der Waals surface area (Å²) in [6.45, 7) is 12.1. The fraction of sp³-hybridized carbons (Fsp3) is 0.909. The van der Waals surface area contributed by atoms with Crippen LogP contribution in [0.15, 0.2) is 0 Å². The van der Waals surface area contributed by atoms with Gasteiger partial charge in [0.2, 0.25) is 0 Å². The number of nitrogens with zero attached hydrogens (tertiary/aromatic N) is 1. The third-order valence-electron chi connectivity index (χ3n) is 3.00. The first-order valence-corrected chi connectivity index (χ1v) is 5.90. The number of hydrogen-bond acceptors (Lipinski definition) is 2. The molecule has 1 aliphatic rings. The lowest BCUT2D eigenvalue weighted by Crippen LogP contribution is -2.32. The van der Waals surface area contributed by atoms with Gasteiger partial charge in [0.1, 0.15) is 0 Å². The van der Waals surface area contributed by atoms with Crippen LogP contribution in [-0.2, 0) is 0 Å². The summed E-state index contributed by atoms with van der Waals surface area (Å²) >= 11 is 5.20. The summed E-state index contributed by atoms with van der Waals surface area (Å²) in [6, 6.07) is 0.588. The van der Waals surface area contributed by atoms with Gasteiger partial charge in [0.25, 0.3) is 0 Å². The van der Waals surface area contributed by atoms with E-state index in [0.717, 1.165) is 36.5 Å². The van der Waals surface area contributed by atoms with Crippen molar-refractivity contribution in [3.8, 4) is 0 Å². The van der Waals surface area contributed by atoms with E-state index in [9.17, 15) is 0 Å². The Balaban J connectivity index is 2.37. The molecule has 1 rings (SSSR count). The highest BCUT2D eigenvalue weighted by Gasteiger charge is 2.29. The molecule has 0 saturated carbocycles. The molecule has 0 radical (unpaired) electrons. The maximum atomic E-state index is 5.20. The molecule has 0 aromatic heterocycles. The van der Waals surface area contributed by atoms with Gasteiger partial charge in [-0.1, -0.05) is 33.0 Å². The third kappa shape index (κ3) is 3.21. The number of hydrogen-bond donors (Lipinski definition) is 1. The van der Waals surface area contributed by atoms with E-state index in [-0.39, 0.29) is 0 Å². The molecule has 0 unspecified atom stereocenters. The molecule has 1 fully saturated rings. The van der Waals surface area contributed by atoms with Crippen LogP contribution in [-0.4, -0.2) is 35.6 Å². The van der Waals surface area contributed by atoms with Gasteiger partial charge >= 0.3 is 0 Å². The van der Waals surface area contributed by atoms with Gasteiger partial charge in [0, 0.05) is 25.7 Å². The zero-order valence-corrected chi connectivity index (χ0v) is 10.5. The van der Waals surface area contributed by atoms with Gasteiger partial charge in [-0.05, 0) is 18.8 Å². The Bertz CT molecular complexity index is 203. The Morgan fingerprint density at radius 1 is 1.50 bits per heavy atom. The Hall–Kier alpha value is -0.150. The Kier molecular flexibility index (Phi) is 4.32. The molecule has 0 aliphatic carbocycles. The van der Waals surface area contributed by atoms with Gasteiger partial charge in [-0.15, -0.1) is 0 Å². The minimum atomic E-state index is 0.588. The van der Waals surface area contributed by atoms with Crippen molar-refractivity contribution in [2.75, 3.05) is 19.6 Å². The SMILES string of the molecule is CC(=S)N1C[C@H](CNC(C)C)[C@H](C)C1. The molecule has 0 bridgehead atoms. The summed E-state index contributed by atoms with van der Waals surface area (Å²) in [7, 11) is 0. The minimum Gasteiger partial charge on any atom is -0.366 e. The highest BCUT2D eigenvalue weighted by Crippen LogP contribution is 2.22. The van der Waals surface area contributed by atoms with E-state index in [1.165, 1.54) is 0 Å². The first kappa shape index (κ1) is 11.9. The van der Waals surface area contributed by atoms with Crippen molar-refractivity contribution < 1.29 is 0 Å². The van der Waals surface area contributed by atoms with Crippen molar-refractivity contribution >= 4 is 17.2 Å². The van der Waals surface area contributed by atoms with Crippen LogP contribution in [0.25, 0.3) is 0 Å².